The molecule has 1 rings (SSSR count). The van der Waals surface area contributed by atoms with E-state index in [1.165, 1.54) is 19.3 Å². The Balaban J connectivity index is 2.74. The number of rotatable bonds is 9. The fourth-order valence-corrected chi connectivity index (χ4v) is 1.78. The number of ether oxygens (including phenoxy) is 1. The lowest BCUT2D eigenvalue weighted by atomic mass is 10.2. The number of aromatic nitrogens is 2. The van der Waals surface area contributed by atoms with E-state index in [9.17, 15) is 0 Å². The van der Waals surface area contributed by atoms with Crippen LogP contribution in [0.1, 0.15) is 38.9 Å². The third-order valence-corrected chi connectivity index (χ3v) is 2.94. The van der Waals surface area contributed by atoms with Crippen molar-refractivity contribution in [2.75, 3.05) is 37.5 Å². The molecule has 5 heteroatoms. The number of hydrogen-bond donors (Lipinski definition) is 1. The average Bonchev–Trinajstić information content (AvgIpc) is 2.44. The van der Waals surface area contributed by atoms with Crippen LogP contribution in [0.3, 0.4) is 0 Å². The summed E-state index contributed by atoms with van der Waals surface area (Å²) >= 11 is 0. The van der Waals surface area contributed by atoms with Gasteiger partial charge in [0.05, 0.1) is 0 Å². The fraction of sp³-hybridized carbons (Fsp3) is 0.714. The van der Waals surface area contributed by atoms with Crippen molar-refractivity contribution >= 4 is 11.6 Å². The third-order valence-electron chi connectivity index (χ3n) is 2.94. The van der Waals surface area contributed by atoms with Crippen molar-refractivity contribution in [3.8, 4) is 0 Å². The number of nitrogens with one attached hydrogen (secondary N) is 1. The van der Waals surface area contributed by atoms with E-state index in [0.29, 0.717) is 13.2 Å². The van der Waals surface area contributed by atoms with Crippen LogP contribution >= 0.6 is 0 Å². The smallest absolute Gasteiger partial charge is 0.158 e. The molecule has 0 spiro atoms. The van der Waals surface area contributed by atoms with E-state index >= 15 is 0 Å². The van der Waals surface area contributed by atoms with Gasteiger partial charge in [0.25, 0.3) is 0 Å². The van der Waals surface area contributed by atoms with Gasteiger partial charge in [0.15, 0.2) is 5.82 Å². The standard InChI is InChI=1S/C14H26N4O/c1-5-7-8-9-18(4)14-10-12(15-3)16-13(17-14)11-19-6-2/h10H,5-9,11H2,1-4H3,(H,15,16,17). The molecule has 19 heavy (non-hydrogen) atoms. The lowest BCUT2D eigenvalue weighted by molar-refractivity contribution is 0.128. The highest BCUT2D eigenvalue weighted by atomic mass is 16.5. The van der Waals surface area contributed by atoms with Gasteiger partial charge in [-0.25, -0.2) is 9.97 Å². The molecule has 1 aromatic rings. The van der Waals surface area contributed by atoms with Crippen LogP contribution in [0.15, 0.2) is 6.07 Å². The molecule has 0 aromatic carbocycles. The van der Waals surface area contributed by atoms with Crippen LogP contribution < -0.4 is 10.2 Å². The molecule has 0 fully saturated rings. The molecule has 0 atom stereocenters. The topological polar surface area (TPSA) is 50.3 Å². The van der Waals surface area contributed by atoms with Crippen LogP contribution in [0.2, 0.25) is 0 Å². The van der Waals surface area contributed by atoms with Crippen LogP contribution in [0.25, 0.3) is 0 Å². The summed E-state index contributed by atoms with van der Waals surface area (Å²) in [4.78, 5) is 11.1. The number of nitrogens with zero attached hydrogens (tertiary/aromatic N) is 3. The molecule has 0 unspecified atom stereocenters. The zero-order chi connectivity index (χ0) is 14.1. The highest BCUT2D eigenvalue weighted by molar-refractivity contribution is 5.48. The maximum absolute atomic E-state index is 5.38. The molecule has 0 aliphatic carbocycles. The molecule has 0 aliphatic heterocycles. The van der Waals surface area contributed by atoms with Crippen molar-refractivity contribution in [2.45, 2.75) is 39.7 Å². The predicted molar refractivity (Wildman–Crippen MR) is 79.7 cm³/mol. The van der Waals surface area contributed by atoms with E-state index in [2.05, 4.69) is 34.2 Å². The highest BCUT2D eigenvalue weighted by Gasteiger charge is 2.08. The van der Waals surface area contributed by atoms with Gasteiger partial charge in [-0.3, -0.25) is 0 Å². The Hall–Kier alpha value is -1.36. The van der Waals surface area contributed by atoms with E-state index in [0.717, 1.165) is 24.0 Å². The first-order chi connectivity index (χ1) is 9.21. The van der Waals surface area contributed by atoms with Gasteiger partial charge in [0.1, 0.15) is 18.2 Å². The minimum Gasteiger partial charge on any atom is -0.374 e. The fourth-order valence-electron chi connectivity index (χ4n) is 1.78. The van der Waals surface area contributed by atoms with Crippen LogP contribution in [-0.2, 0) is 11.3 Å². The minimum absolute atomic E-state index is 0.460. The van der Waals surface area contributed by atoms with Crippen molar-refractivity contribution in [1.82, 2.24) is 9.97 Å². The Kier molecular flexibility index (Phi) is 7.18. The van der Waals surface area contributed by atoms with E-state index < -0.39 is 0 Å². The maximum atomic E-state index is 5.38. The Morgan fingerprint density at radius 2 is 2.05 bits per heavy atom. The van der Waals surface area contributed by atoms with Crippen LogP contribution in [0.5, 0.6) is 0 Å². The first-order valence-electron chi connectivity index (χ1n) is 7.05. The second-order valence-corrected chi connectivity index (χ2v) is 4.54. The summed E-state index contributed by atoms with van der Waals surface area (Å²) in [6, 6.07) is 1.97. The molecule has 0 radical (unpaired) electrons. The molecule has 0 aliphatic rings. The summed E-state index contributed by atoms with van der Waals surface area (Å²) in [6.45, 7) is 6.34. The summed E-state index contributed by atoms with van der Waals surface area (Å²) in [5.41, 5.74) is 0. The summed E-state index contributed by atoms with van der Waals surface area (Å²) < 4.78 is 5.38. The summed E-state index contributed by atoms with van der Waals surface area (Å²) in [7, 11) is 3.94. The minimum atomic E-state index is 0.460. The van der Waals surface area contributed by atoms with Gasteiger partial charge < -0.3 is 15.0 Å². The molecule has 1 N–H and O–H groups in total. The monoisotopic (exact) mass is 266 g/mol. The zero-order valence-electron chi connectivity index (χ0n) is 12.6. The lowest BCUT2D eigenvalue weighted by Crippen LogP contribution is -2.21. The molecule has 0 saturated heterocycles. The van der Waals surface area contributed by atoms with Crippen molar-refractivity contribution in [1.29, 1.82) is 0 Å². The lowest BCUT2D eigenvalue weighted by Gasteiger charge is -2.19. The van der Waals surface area contributed by atoms with Gasteiger partial charge in [-0.05, 0) is 13.3 Å². The predicted octanol–water partition coefficient (Wildman–Crippen LogP) is 2.68. The Morgan fingerprint density at radius 1 is 1.26 bits per heavy atom. The van der Waals surface area contributed by atoms with Crippen LogP contribution in [0.4, 0.5) is 11.6 Å². The first kappa shape index (κ1) is 15.7. The zero-order valence-corrected chi connectivity index (χ0v) is 12.6. The van der Waals surface area contributed by atoms with E-state index in [4.69, 9.17) is 4.74 Å². The molecule has 108 valence electrons. The van der Waals surface area contributed by atoms with Crippen molar-refractivity contribution in [3.63, 3.8) is 0 Å². The molecule has 1 aromatic heterocycles. The second-order valence-electron chi connectivity index (χ2n) is 4.54. The second kappa shape index (κ2) is 8.69. The van der Waals surface area contributed by atoms with Crippen molar-refractivity contribution in [2.24, 2.45) is 0 Å². The van der Waals surface area contributed by atoms with Gasteiger partial charge in [-0.2, -0.15) is 0 Å². The summed E-state index contributed by atoms with van der Waals surface area (Å²) in [5, 5.41) is 3.07. The van der Waals surface area contributed by atoms with Crippen molar-refractivity contribution < 1.29 is 4.74 Å². The SMILES string of the molecule is CCCCCN(C)c1cc(NC)nc(COCC)n1. The third kappa shape index (κ3) is 5.42. The van der Waals surface area contributed by atoms with Gasteiger partial charge in [0.2, 0.25) is 0 Å². The van der Waals surface area contributed by atoms with E-state index in [-0.39, 0.29) is 0 Å². The molecule has 5 nitrogen and oxygen atoms in total. The maximum Gasteiger partial charge on any atom is 0.158 e. The van der Waals surface area contributed by atoms with Gasteiger partial charge in [0, 0.05) is 33.3 Å². The summed E-state index contributed by atoms with van der Waals surface area (Å²) in [6.07, 6.45) is 3.67. The summed E-state index contributed by atoms with van der Waals surface area (Å²) in [5.74, 6) is 2.51. The van der Waals surface area contributed by atoms with Gasteiger partial charge >= 0.3 is 0 Å². The Labute approximate surface area is 116 Å². The number of anilines is 2. The molecule has 0 amide bonds. The molecular formula is C14H26N4O. The average molecular weight is 266 g/mol. The van der Waals surface area contributed by atoms with E-state index in [1.54, 1.807) is 0 Å². The van der Waals surface area contributed by atoms with Gasteiger partial charge in [-0.15, -0.1) is 0 Å². The Bertz CT molecular complexity index is 370. The highest BCUT2D eigenvalue weighted by Crippen LogP contribution is 2.15. The normalized spacial score (nSPS) is 10.5. The quantitative estimate of drug-likeness (QED) is 0.696. The van der Waals surface area contributed by atoms with Crippen LogP contribution in [0, 0.1) is 0 Å². The first-order valence-corrected chi connectivity index (χ1v) is 7.05. The number of hydrogen-bond acceptors (Lipinski definition) is 5. The molecule has 0 bridgehead atoms. The Morgan fingerprint density at radius 3 is 2.68 bits per heavy atom. The number of unbranched alkanes of at least 4 members (excludes halogenated alkanes) is 2. The van der Waals surface area contributed by atoms with Crippen LogP contribution in [-0.4, -0.2) is 37.2 Å². The molecular weight excluding hydrogens is 240 g/mol. The largest absolute Gasteiger partial charge is 0.374 e. The molecule has 1 heterocycles. The van der Waals surface area contributed by atoms with E-state index in [1.807, 2.05) is 20.0 Å². The van der Waals surface area contributed by atoms with Crippen molar-refractivity contribution in [3.05, 3.63) is 11.9 Å². The molecule has 0 saturated carbocycles. The van der Waals surface area contributed by atoms with Gasteiger partial charge in [-0.1, -0.05) is 19.8 Å².